The highest BCUT2D eigenvalue weighted by molar-refractivity contribution is 5.77. The van der Waals surface area contributed by atoms with Crippen LogP contribution in [0.1, 0.15) is 11.4 Å². The second-order valence-electron chi connectivity index (χ2n) is 6.06. The molecule has 1 aliphatic heterocycles. The average molecular weight is 402 g/mol. The van der Waals surface area contributed by atoms with E-state index >= 15 is 0 Å². The van der Waals surface area contributed by atoms with Crippen LogP contribution in [0.3, 0.4) is 0 Å². The van der Waals surface area contributed by atoms with Crippen LogP contribution in [-0.4, -0.2) is 63.7 Å². The number of carbonyl (C=O) groups excluding carboxylic acids is 1. The van der Waals surface area contributed by atoms with Gasteiger partial charge >= 0.3 is 11.2 Å². The van der Waals surface area contributed by atoms with E-state index in [1.54, 1.807) is 35.2 Å². The number of nitro groups is 1. The minimum Gasteiger partial charge on any atom is -0.488 e. The lowest BCUT2D eigenvalue weighted by Gasteiger charge is -2.26. The quantitative estimate of drug-likeness (QED) is 0.532. The standard InChI is InChI=1S/C18H18N4O7/c23-15(21-7-9-28-10-8-21)11-29-13-4-1-12(2-5-13)3-6-14-19-17(24)16(22(26)27)18(25)20-14/h1-6H,7-11H2,(H2,19,20,24,25). The predicted molar refractivity (Wildman–Crippen MR) is 101 cm³/mol. The minimum absolute atomic E-state index is 0.0328. The number of amides is 1. The zero-order valence-corrected chi connectivity index (χ0v) is 15.2. The zero-order valence-electron chi connectivity index (χ0n) is 15.2. The van der Waals surface area contributed by atoms with Crippen molar-refractivity contribution in [2.45, 2.75) is 0 Å². The molecule has 1 amide bonds. The third-order valence-corrected chi connectivity index (χ3v) is 4.12. The maximum Gasteiger partial charge on any atom is 0.395 e. The van der Waals surface area contributed by atoms with Crippen LogP contribution >= 0.6 is 0 Å². The van der Waals surface area contributed by atoms with Gasteiger partial charge in [0.2, 0.25) is 0 Å². The Balaban J connectivity index is 1.59. The maximum atomic E-state index is 12.1. The van der Waals surface area contributed by atoms with Gasteiger partial charge in [-0.1, -0.05) is 18.2 Å². The molecule has 11 heteroatoms. The first-order valence-electron chi connectivity index (χ1n) is 8.68. The molecule has 152 valence electrons. The summed E-state index contributed by atoms with van der Waals surface area (Å²) in [5.41, 5.74) is -1.33. The Kier molecular flexibility index (Phi) is 6.19. The van der Waals surface area contributed by atoms with Crippen molar-refractivity contribution in [3.8, 4) is 11.6 Å². The van der Waals surface area contributed by atoms with Crippen molar-refractivity contribution in [3.05, 3.63) is 56.1 Å². The molecule has 0 radical (unpaired) electrons. The fourth-order valence-corrected chi connectivity index (χ4v) is 2.61. The molecule has 3 rings (SSSR count). The minimum atomic E-state index is -1.05. The normalized spacial score (nSPS) is 14.1. The van der Waals surface area contributed by atoms with Gasteiger partial charge in [0.05, 0.1) is 18.1 Å². The monoisotopic (exact) mass is 402 g/mol. The van der Waals surface area contributed by atoms with E-state index in [1.807, 2.05) is 0 Å². The number of ether oxygens (including phenoxy) is 2. The molecule has 2 aromatic rings. The number of morpholine rings is 1. The molecule has 11 nitrogen and oxygen atoms in total. The topological polar surface area (TPSA) is 148 Å². The Bertz CT molecular complexity index is 979. The van der Waals surface area contributed by atoms with Gasteiger partial charge in [-0.3, -0.25) is 19.7 Å². The van der Waals surface area contributed by atoms with Crippen molar-refractivity contribution < 1.29 is 24.3 Å². The summed E-state index contributed by atoms with van der Waals surface area (Å²) in [6.07, 6.45) is 2.98. The predicted octanol–water partition coefficient (Wildman–Crippen LogP) is 0.792. The van der Waals surface area contributed by atoms with Crippen molar-refractivity contribution in [1.82, 2.24) is 14.9 Å². The van der Waals surface area contributed by atoms with Gasteiger partial charge in [-0.05, 0) is 23.8 Å². The molecule has 2 N–H and O–H groups in total. The molecule has 0 bridgehead atoms. The van der Waals surface area contributed by atoms with E-state index in [2.05, 4.69) is 9.97 Å². The smallest absolute Gasteiger partial charge is 0.395 e. The maximum absolute atomic E-state index is 12.1. The highest BCUT2D eigenvalue weighted by atomic mass is 16.6. The van der Waals surface area contributed by atoms with Crippen LogP contribution in [0, 0.1) is 10.1 Å². The van der Waals surface area contributed by atoms with Crippen molar-refractivity contribution in [3.63, 3.8) is 0 Å². The summed E-state index contributed by atoms with van der Waals surface area (Å²) in [5.74, 6) is -0.574. The highest BCUT2D eigenvalue weighted by Gasteiger charge is 2.21. The number of hydrogen-bond acceptors (Lipinski definition) is 8. The third kappa shape index (κ3) is 5.17. The lowest BCUT2D eigenvalue weighted by molar-refractivity contribution is -0.387. The van der Waals surface area contributed by atoms with Crippen molar-refractivity contribution >= 4 is 23.7 Å². The number of aromatic hydroxyl groups is 1. The second-order valence-corrected chi connectivity index (χ2v) is 6.06. The zero-order chi connectivity index (χ0) is 20.8. The largest absolute Gasteiger partial charge is 0.488 e. The number of carbonyl (C=O) groups is 1. The summed E-state index contributed by atoms with van der Waals surface area (Å²) in [7, 11) is 0. The molecule has 0 aliphatic carbocycles. The van der Waals surface area contributed by atoms with Gasteiger partial charge in [-0.2, -0.15) is 4.98 Å². The Labute approximate surface area is 164 Å². The van der Waals surface area contributed by atoms with Crippen LogP contribution in [0.2, 0.25) is 0 Å². The van der Waals surface area contributed by atoms with E-state index in [4.69, 9.17) is 9.47 Å². The Morgan fingerprint density at radius 1 is 1.31 bits per heavy atom. The number of benzene rings is 1. The fourth-order valence-electron chi connectivity index (χ4n) is 2.61. The molecular weight excluding hydrogens is 384 g/mol. The van der Waals surface area contributed by atoms with Crippen LogP contribution < -0.4 is 10.3 Å². The SMILES string of the molecule is O=C(COc1ccc(C=Cc2nc(O)c([N+](=O)[O-])c(=O)[nH]2)cc1)N1CCOCC1. The summed E-state index contributed by atoms with van der Waals surface area (Å²) in [6, 6.07) is 6.79. The molecule has 0 spiro atoms. The molecule has 1 aromatic heterocycles. The number of aromatic nitrogens is 2. The molecule has 0 unspecified atom stereocenters. The van der Waals surface area contributed by atoms with E-state index in [0.29, 0.717) is 32.1 Å². The van der Waals surface area contributed by atoms with Crippen LogP contribution in [0.25, 0.3) is 12.2 Å². The molecule has 29 heavy (non-hydrogen) atoms. The fraction of sp³-hybridized carbons (Fsp3) is 0.278. The van der Waals surface area contributed by atoms with Crippen molar-refractivity contribution in [1.29, 1.82) is 0 Å². The van der Waals surface area contributed by atoms with Gasteiger partial charge in [0.15, 0.2) is 6.61 Å². The van der Waals surface area contributed by atoms with Gasteiger partial charge < -0.3 is 24.5 Å². The lowest BCUT2D eigenvalue weighted by atomic mass is 10.2. The van der Waals surface area contributed by atoms with Gasteiger partial charge in [0, 0.05) is 13.1 Å². The number of hydrogen-bond donors (Lipinski definition) is 2. The second kappa shape index (κ2) is 8.97. The summed E-state index contributed by atoms with van der Waals surface area (Å²) < 4.78 is 10.7. The number of nitrogens with one attached hydrogen (secondary N) is 1. The molecule has 2 heterocycles. The van der Waals surface area contributed by atoms with E-state index in [1.165, 1.54) is 6.08 Å². The van der Waals surface area contributed by atoms with E-state index in [9.17, 15) is 24.8 Å². The van der Waals surface area contributed by atoms with Crippen LogP contribution in [0.4, 0.5) is 5.69 Å². The molecule has 0 saturated carbocycles. The van der Waals surface area contributed by atoms with E-state index in [-0.39, 0.29) is 18.3 Å². The first kappa shape index (κ1) is 20.0. The third-order valence-electron chi connectivity index (χ3n) is 4.12. The van der Waals surface area contributed by atoms with Crippen LogP contribution in [0.15, 0.2) is 29.1 Å². The highest BCUT2D eigenvalue weighted by Crippen LogP contribution is 2.18. The summed E-state index contributed by atoms with van der Waals surface area (Å²) in [5, 5.41) is 20.2. The van der Waals surface area contributed by atoms with Crippen molar-refractivity contribution in [2.75, 3.05) is 32.9 Å². The Morgan fingerprint density at radius 3 is 2.62 bits per heavy atom. The molecule has 1 saturated heterocycles. The van der Waals surface area contributed by atoms with Crippen LogP contribution in [-0.2, 0) is 9.53 Å². The Morgan fingerprint density at radius 2 is 2.00 bits per heavy atom. The van der Waals surface area contributed by atoms with Gasteiger partial charge in [-0.15, -0.1) is 0 Å². The molecule has 1 fully saturated rings. The van der Waals surface area contributed by atoms with Gasteiger partial charge in [0.25, 0.3) is 11.8 Å². The number of nitrogens with zero attached hydrogens (tertiary/aromatic N) is 3. The van der Waals surface area contributed by atoms with E-state index in [0.717, 1.165) is 5.56 Å². The Hall–Kier alpha value is -3.73. The van der Waals surface area contributed by atoms with Gasteiger partial charge in [0.1, 0.15) is 11.6 Å². The van der Waals surface area contributed by atoms with Crippen molar-refractivity contribution in [2.24, 2.45) is 0 Å². The first-order chi connectivity index (χ1) is 13.9. The number of rotatable bonds is 6. The van der Waals surface area contributed by atoms with E-state index < -0.39 is 22.0 Å². The first-order valence-corrected chi connectivity index (χ1v) is 8.68. The molecule has 1 aliphatic rings. The summed E-state index contributed by atoms with van der Waals surface area (Å²) in [4.78, 5) is 40.8. The van der Waals surface area contributed by atoms with Crippen LogP contribution in [0.5, 0.6) is 11.6 Å². The molecule has 1 aromatic carbocycles. The molecule has 0 atom stereocenters. The summed E-state index contributed by atoms with van der Waals surface area (Å²) in [6.45, 7) is 2.10. The molecular formula is C18H18N4O7. The lowest BCUT2D eigenvalue weighted by Crippen LogP contribution is -2.42. The van der Waals surface area contributed by atoms with Gasteiger partial charge in [-0.25, -0.2) is 0 Å². The number of aromatic amines is 1. The summed E-state index contributed by atoms with van der Waals surface area (Å²) >= 11 is 0. The average Bonchev–Trinajstić information content (AvgIpc) is 2.71. The number of H-pyrrole nitrogens is 1.